The molecule has 1 aromatic rings. The van der Waals surface area contributed by atoms with E-state index in [-0.39, 0.29) is 23.6 Å². The topological polar surface area (TPSA) is 75.3 Å². The van der Waals surface area contributed by atoms with Gasteiger partial charge in [-0.2, -0.15) is 0 Å². The number of hydrogen-bond acceptors (Lipinski definition) is 3. The second kappa shape index (κ2) is 7.90. The third kappa shape index (κ3) is 5.21. The quantitative estimate of drug-likeness (QED) is 0.671. The Balaban J connectivity index is 2.56. The van der Waals surface area contributed by atoms with E-state index in [9.17, 15) is 9.90 Å². The molecule has 2 atom stereocenters. The number of nitrogens with two attached hydrogens (primary N) is 1. The molecule has 0 radical (unpaired) electrons. The number of carbonyl (C=O) groups excluding carboxylic acids is 1. The fourth-order valence-corrected chi connectivity index (χ4v) is 2.04. The Kier molecular flexibility index (Phi) is 6.52. The Morgan fingerprint density at radius 2 is 2.05 bits per heavy atom. The maximum Gasteiger partial charge on any atom is 0.227 e. The highest BCUT2D eigenvalue weighted by Crippen LogP contribution is 2.25. The van der Waals surface area contributed by atoms with Gasteiger partial charge in [0.1, 0.15) is 5.75 Å². The van der Waals surface area contributed by atoms with Crippen molar-refractivity contribution in [3.8, 4) is 5.75 Å². The van der Waals surface area contributed by atoms with Crippen molar-refractivity contribution in [1.29, 1.82) is 0 Å². The van der Waals surface area contributed by atoms with E-state index in [0.29, 0.717) is 5.69 Å². The van der Waals surface area contributed by atoms with Gasteiger partial charge in [-0.1, -0.05) is 26.3 Å². The molecule has 20 heavy (non-hydrogen) atoms. The lowest BCUT2D eigenvalue weighted by Gasteiger charge is -2.14. The first kappa shape index (κ1) is 16.5. The van der Waals surface area contributed by atoms with Gasteiger partial charge in [0.2, 0.25) is 5.91 Å². The summed E-state index contributed by atoms with van der Waals surface area (Å²) in [6.07, 6.45) is 3.54. The van der Waals surface area contributed by atoms with Crippen molar-refractivity contribution < 1.29 is 9.90 Å². The zero-order valence-electron chi connectivity index (χ0n) is 12.6. The molecule has 1 rings (SSSR count). The number of benzene rings is 1. The van der Waals surface area contributed by atoms with E-state index in [1.165, 1.54) is 0 Å². The van der Waals surface area contributed by atoms with Gasteiger partial charge >= 0.3 is 0 Å². The molecule has 4 nitrogen and oxygen atoms in total. The first-order valence-electron chi connectivity index (χ1n) is 7.32. The van der Waals surface area contributed by atoms with Crippen LogP contribution in [-0.4, -0.2) is 17.1 Å². The van der Waals surface area contributed by atoms with Gasteiger partial charge in [-0.05, 0) is 43.9 Å². The van der Waals surface area contributed by atoms with Crippen LogP contribution in [0.25, 0.3) is 0 Å². The zero-order chi connectivity index (χ0) is 15.1. The van der Waals surface area contributed by atoms with Crippen LogP contribution in [0.2, 0.25) is 0 Å². The Morgan fingerprint density at radius 1 is 1.35 bits per heavy atom. The summed E-state index contributed by atoms with van der Waals surface area (Å²) in [6, 6.07) is 5.48. The lowest BCUT2D eigenvalue weighted by atomic mass is 10.0. The third-order valence-electron chi connectivity index (χ3n) is 3.47. The molecular formula is C16H26N2O2. The van der Waals surface area contributed by atoms with E-state index >= 15 is 0 Å². The molecule has 4 N–H and O–H groups in total. The van der Waals surface area contributed by atoms with Crippen LogP contribution < -0.4 is 11.1 Å². The number of anilines is 1. The van der Waals surface area contributed by atoms with Crippen molar-refractivity contribution in [3.05, 3.63) is 23.8 Å². The Morgan fingerprint density at radius 3 is 2.65 bits per heavy atom. The highest BCUT2D eigenvalue weighted by atomic mass is 16.3. The molecule has 0 saturated heterocycles. The van der Waals surface area contributed by atoms with Crippen molar-refractivity contribution in [1.82, 2.24) is 0 Å². The number of aromatic hydroxyl groups is 1. The highest BCUT2D eigenvalue weighted by molar-refractivity contribution is 5.93. The van der Waals surface area contributed by atoms with Crippen molar-refractivity contribution in [3.63, 3.8) is 0 Å². The van der Waals surface area contributed by atoms with E-state index in [1.54, 1.807) is 6.07 Å². The van der Waals surface area contributed by atoms with E-state index in [4.69, 9.17) is 5.73 Å². The van der Waals surface area contributed by atoms with Crippen LogP contribution in [0, 0.1) is 5.92 Å². The third-order valence-corrected chi connectivity index (χ3v) is 3.47. The van der Waals surface area contributed by atoms with Gasteiger partial charge in [0.25, 0.3) is 0 Å². The molecule has 4 heteroatoms. The molecule has 0 heterocycles. The predicted molar refractivity (Wildman–Crippen MR) is 82.8 cm³/mol. The first-order chi connectivity index (χ1) is 9.43. The van der Waals surface area contributed by atoms with Gasteiger partial charge in [-0.25, -0.2) is 0 Å². The summed E-state index contributed by atoms with van der Waals surface area (Å²) in [5.41, 5.74) is 7.28. The largest absolute Gasteiger partial charge is 0.506 e. The van der Waals surface area contributed by atoms with Gasteiger partial charge in [-0.15, -0.1) is 0 Å². The van der Waals surface area contributed by atoms with Crippen molar-refractivity contribution >= 4 is 11.6 Å². The van der Waals surface area contributed by atoms with E-state index in [0.717, 1.165) is 31.2 Å². The Hall–Kier alpha value is -1.55. The number of phenols is 1. The fourth-order valence-electron chi connectivity index (χ4n) is 2.04. The normalized spacial score (nSPS) is 13.8. The lowest BCUT2D eigenvalue weighted by molar-refractivity contribution is -0.119. The number of rotatable bonds is 7. The van der Waals surface area contributed by atoms with Crippen molar-refractivity contribution in [2.45, 2.75) is 52.5 Å². The molecule has 0 aliphatic rings. The molecule has 0 aromatic heterocycles. The van der Waals surface area contributed by atoms with Crippen LogP contribution in [0.4, 0.5) is 5.69 Å². The van der Waals surface area contributed by atoms with Crippen LogP contribution >= 0.6 is 0 Å². The van der Waals surface area contributed by atoms with E-state index in [1.807, 2.05) is 32.9 Å². The predicted octanol–water partition coefficient (Wildman–Crippen LogP) is 3.05. The number of carbonyl (C=O) groups is 1. The smallest absolute Gasteiger partial charge is 0.227 e. The van der Waals surface area contributed by atoms with Crippen LogP contribution in [0.1, 0.15) is 45.6 Å². The monoisotopic (exact) mass is 278 g/mol. The second-order valence-electron chi connectivity index (χ2n) is 5.50. The number of aryl methyl sites for hydroxylation is 1. The molecule has 2 unspecified atom stereocenters. The van der Waals surface area contributed by atoms with Gasteiger partial charge in [-0.3, -0.25) is 4.79 Å². The number of hydrogen-bond donors (Lipinski definition) is 3. The average molecular weight is 278 g/mol. The SMILES string of the molecule is CCc1ccc(O)c(NC(=O)C(C)CCCC(C)N)c1. The fraction of sp³-hybridized carbons (Fsp3) is 0.562. The summed E-state index contributed by atoms with van der Waals surface area (Å²) in [7, 11) is 0. The minimum absolute atomic E-state index is 0.0572. The maximum atomic E-state index is 12.1. The summed E-state index contributed by atoms with van der Waals surface area (Å²) >= 11 is 0. The molecule has 112 valence electrons. The standard InChI is InChI=1S/C16H26N2O2/c1-4-13-8-9-15(19)14(10-13)18-16(20)11(2)6-5-7-12(3)17/h8-12,19H,4-7,17H2,1-3H3,(H,18,20). The minimum Gasteiger partial charge on any atom is -0.506 e. The van der Waals surface area contributed by atoms with E-state index < -0.39 is 0 Å². The molecule has 0 fully saturated rings. The average Bonchev–Trinajstić information content (AvgIpc) is 2.40. The van der Waals surface area contributed by atoms with Crippen molar-refractivity contribution in [2.24, 2.45) is 11.7 Å². The summed E-state index contributed by atoms with van der Waals surface area (Å²) in [5, 5.41) is 12.6. The summed E-state index contributed by atoms with van der Waals surface area (Å²) in [5.74, 6) is -0.0324. The summed E-state index contributed by atoms with van der Waals surface area (Å²) in [4.78, 5) is 12.1. The van der Waals surface area contributed by atoms with Gasteiger partial charge in [0.05, 0.1) is 5.69 Å². The molecule has 0 aliphatic heterocycles. The highest BCUT2D eigenvalue weighted by Gasteiger charge is 2.14. The number of nitrogens with one attached hydrogen (secondary N) is 1. The number of phenolic OH excluding ortho intramolecular Hbond substituents is 1. The minimum atomic E-state index is -0.0848. The summed E-state index contributed by atoms with van der Waals surface area (Å²) < 4.78 is 0. The van der Waals surface area contributed by atoms with Crippen LogP contribution in [0.15, 0.2) is 18.2 Å². The van der Waals surface area contributed by atoms with Crippen LogP contribution in [0.3, 0.4) is 0 Å². The first-order valence-corrected chi connectivity index (χ1v) is 7.32. The molecule has 1 aromatic carbocycles. The van der Waals surface area contributed by atoms with Crippen molar-refractivity contribution in [2.75, 3.05) is 5.32 Å². The molecular weight excluding hydrogens is 252 g/mol. The van der Waals surface area contributed by atoms with Crippen LogP contribution in [0.5, 0.6) is 5.75 Å². The van der Waals surface area contributed by atoms with Gasteiger partial charge in [0.15, 0.2) is 0 Å². The van der Waals surface area contributed by atoms with Gasteiger partial charge < -0.3 is 16.2 Å². The maximum absolute atomic E-state index is 12.1. The Labute approximate surface area is 121 Å². The lowest BCUT2D eigenvalue weighted by Crippen LogP contribution is -2.21. The molecule has 0 bridgehead atoms. The van der Waals surface area contributed by atoms with Crippen LogP contribution in [-0.2, 0) is 11.2 Å². The molecule has 1 amide bonds. The Bertz CT molecular complexity index is 444. The zero-order valence-corrected chi connectivity index (χ0v) is 12.6. The number of amides is 1. The second-order valence-corrected chi connectivity index (χ2v) is 5.50. The summed E-state index contributed by atoms with van der Waals surface area (Å²) in [6.45, 7) is 5.91. The molecule has 0 aliphatic carbocycles. The molecule has 0 spiro atoms. The van der Waals surface area contributed by atoms with E-state index in [2.05, 4.69) is 5.32 Å². The molecule has 0 saturated carbocycles. The van der Waals surface area contributed by atoms with Gasteiger partial charge in [0, 0.05) is 12.0 Å².